The molecule has 0 aliphatic carbocycles. The van der Waals surface area contributed by atoms with Gasteiger partial charge in [-0.3, -0.25) is 0 Å². The molecule has 3 heteroatoms. The standard InChI is InChI=1S/C20H36O2S/c1-5-9-11-17(7-3)13-19-15-23(21,22)16-20(19)14-18(8-4)12-10-6-2/h15-18H,5-14H2,1-4H3/t17-,18-/m1/s1. The van der Waals surface area contributed by atoms with Crippen LogP contribution in [0.2, 0.25) is 0 Å². The largest absolute Gasteiger partial charge is 0.220 e. The molecule has 23 heavy (non-hydrogen) atoms. The van der Waals surface area contributed by atoms with Crippen LogP contribution < -0.4 is 0 Å². The molecule has 0 unspecified atom stereocenters. The van der Waals surface area contributed by atoms with E-state index in [0.29, 0.717) is 11.8 Å². The monoisotopic (exact) mass is 340 g/mol. The summed E-state index contributed by atoms with van der Waals surface area (Å²) in [5.41, 5.74) is 2.20. The molecule has 0 fully saturated rings. The molecule has 0 aromatic rings. The zero-order chi connectivity index (χ0) is 17.3. The summed E-state index contributed by atoms with van der Waals surface area (Å²) in [6, 6.07) is 0. The van der Waals surface area contributed by atoms with Gasteiger partial charge in [-0.2, -0.15) is 0 Å². The van der Waals surface area contributed by atoms with Gasteiger partial charge in [-0.05, 0) is 35.8 Å². The summed E-state index contributed by atoms with van der Waals surface area (Å²) in [7, 11) is -3.12. The van der Waals surface area contributed by atoms with Crippen LogP contribution in [0, 0.1) is 11.8 Å². The first-order valence-corrected chi connectivity index (χ1v) is 11.2. The average molecular weight is 341 g/mol. The van der Waals surface area contributed by atoms with Gasteiger partial charge in [0.2, 0.25) is 0 Å². The molecule has 2 atom stereocenters. The van der Waals surface area contributed by atoms with Crippen LogP contribution in [0.25, 0.3) is 0 Å². The van der Waals surface area contributed by atoms with Gasteiger partial charge in [0.15, 0.2) is 9.84 Å². The molecule has 0 amide bonds. The molecule has 0 radical (unpaired) electrons. The van der Waals surface area contributed by atoms with E-state index in [9.17, 15) is 8.42 Å². The van der Waals surface area contributed by atoms with Crippen molar-refractivity contribution in [1.29, 1.82) is 0 Å². The highest BCUT2D eigenvalue weighted by molar-refractivity contribution is 7.97. The molecule has 1 heterocycles. The molecule has 1 aliphatic heterocycles. The van der Waals surface area contributed by atoms with Crippen molar-refractivity contribution in [3.05, 3.63) is 22.0 Å². The maximum atomic E-state index is 12.1. The van der Waals surface area contributed by atoms with Crippen LogP contribution in [0.4, 0.5) is 0 Å². The highest BCUT2D eigenvalue weighted by atomic mass is 32.2. The van der Waals surface area contributed by atoms with Gasteiger partial charge >= 0.3 is 0 Å². The summed E-state index contributed by atoms with van der Waals surface area (Å²) in [5.74, 6) is 1.24. The molecule has 0 aromatic carbocycles. The Hall–Kier alpha value is -0.570. The van der Waals surface area contributed by atoms with E-state index in [1.54, 1.807) is 10.8 Å². The Kier molecular flexibility index (Phi) is 9.19. The van der Waals surface area contributed by atoms with E-state index in [0.717, 1.165) is 36.8 Å². The Labute approximate surface area is 144 Å². The van der Waals surface area contributed by atoms with E-state index in [1.807, 2.05) is 0 Å². The lowest BCUT2D eigenvalue weighted by molar-refractivity contribution is 0.433. The van der Waals surface area contributed by atoms with Crippen LogP contribution in [-0.4, -0.2) is 8.42 Å². The fourth-order valence-corrected chi connectivity index (χ4v) is 4.81. The first-order chi connectivity index (χ1) is 11.0. The lowest BCUT2D eigenvalue weighted by atomic mass is 9.85. The van der Waals surface area contributed by atoms with E-state index in [2.05, 4.69) is 27.7 Å². The van der Waals surface area contributed by atoms with Crippen molar-refractivity contribution in [3.8, 4) is 0 Å². The van der Waals surface area contributed by atoms with Gasteiger partial charge in [0.1, 0.15) is 0 Å². The zero-order valence-electron chi connectivity index (χ0n) is 15.6. The summed E-state index contributed by atoms with van der Waals surface area (Å²) < 4.78 is 24.1. The lowest BCUT2D eigenvalue weighted by Gasteiger charge is -2.20. The number of rotatable bonds is 12. The quantitative estimate of drug-likeness (QED) is 0.412. The zero-order valence-corrected chi connectivity index (χ0v) is 16.4. The topological polar surface area (TPSA) is 34.1 Å². The highest BCUT2D eigenvalue weighted by Gasteiger charge is 2.24. The third-order valence-corrected chi connectivity index (χ3v) is 6.36. The molecule has 2 nitrogen and oxygen atoms in total. The third kappa shape index (κ3) is 7.24. The van der Waals surface area contributed by atoms with Gasteiger partial charge in [-0.25, -0.2) is 8.42 Å². The Morgan fingerprint density at radius 3 is 1.48 bits per heavy atom. The second-order valence-corrected chi connectivity index (χ2v) is 8.77. The number of allylic oxidation sites excluding steroid dienone is 2. The van der Waals surface area contributed by atoms with Crippen LogP contribution >= 0.6 is 0 Å². The summed E-state index contributed by atoms with van der Waals surface area (Å²) in [4.78, 5) is 0. The van der Waals surface area contributed by atoms with Gasteiger partial charge in [-0.15, -0.1) is 0 Å². The Morgan fingerprint density at radius 1 is 0.783 bits per heavy atom. The van der Waals surface area contributed by atoms with Crippen LogP contribution in [0.1, 0.15) is 91.9 Å². The number of sulfone groups is 1. The van der Waals surface area contributed by atoms with Crippen LogP contribution in [-0.2, 0) is 9.84 Å². The second-order valence-electron chi connectivity index (χ2n) is 7.12. The fourth-order valence-electron chi connectivity index (χ4n) is 3.45. The number of hydrogen-bond donors (Lipinski definition) is 0. The van der Waals surface area contributed by atoms with E-state index in [-0.39, 0.29) is 0 Å². The lowest BCUT2D eigenvalue weighted by Crippen LogP contribution is -2.05. The summed E-state index contributed by atoms with van der Waals surface area (Å²) in [5, 5.41) is 3.09. The van der Waals surface area contributed by atoms with Gasteiger partial charge in [0.25, 0.3) is 0 Å². The average Bonchev–Trinajstić information content (AvgIpc) is 2.81. The van der Waals surface area contributed by atoms with Crippen molar-refractivity contribution in [2.75, 3.05) is 0 Å². The minimum Gasteiger partial charge on any atom is -0.220 e. The van der Waals surface area contributed by atoms with E-state index in [1.165, 1.54) is 38.5 Å². The molecule has 0 saturated carbocycles. The second kappa shape index (κ2) is 10.3. The van der Waals surface area contributed by atoms with Gasteiger partial charge in [0, 0.05) is 10.8 Å². The van der Waals surface area contributed by atoms with Crippen LogP contribution in [0.15, 0.2) is 22.0 Å². The maximum Gasteiger partial charge on any atom is 0.193 e. The van der Waals surface area contributed by atoms with Gasteiger partial charge in [0.05, 0.1) is 0 Å². The molecule has 1 aliphatic rings. The molecule has 1 rings (SSSR count). The number of hydrogen-bond acceptors (Lipinski definition) is 2. The van der Waals surface area contributed by atoms with Crippen molar-refractivity contribution in [2.45, 2.75) is 91.9 Å². The predicted molar refractivity (Wildman–Crippen MR) is 101 cm³/mol. The molecule has 0 spiro atoms. The Bertz CT molecular complexity index is 460. The molecule has 0 N–H and O–H groups in total. The Morgan fingerprint density at radius 2 is 1.17 bits per heavy atom. The molecule has 0 bridgehead atoms. The smallest absolute Gasteiger partial charge is 0.193 e. The SMILES string of the molecule is CCCC[C@@H](CC)CC1=CS(=O)(=O)C=C1C[C@H](CC)CCCC. The summed E-state index contributed by atoms with van der Waals surface area (Å²) in [6.07, 6.45) is 11.5. The first kappa shape index (κ1) is 20.5. The maximum absolute atomic E-state index is 12.1. The van der Waals surface area contributed by atoms with Crippen molar-refractivity contribution >= 4 is 9.84 Å². The van der Waals surface area contributed by atoms with E-state index in [4.69, 9.17) is 0 Å². The van der Waals surface area contributed by atoms with Crippen molar-refractivity contribution in [1.82, 2.24) is 0 Å². The summed E-state index contributed by atoms with van der Waals surface area (Å²) >= 11 is 0. The van der Waals surface area contributed by atoms with Crippen molar-refractivity contribution in [3.63, 3.8) is 0 Å². The minimum absolute atomic E-state index is 0.619. The van der Waals surface area contributed by atoms with Gasteiger partial charge in [-0.1, -0.05) is 79.1 Å². The normalized spacial score (nSPS) is 19.3. The minimum atomic E-state index is -3.12. The molecular formula is C20H36O2S. The van der Waals surface area contributed by atoms with Crippen LogP contribution in [0.5, 0.6) is 0 Å². The fraction of sp³-hybridized carbons (Fsp3) is 0.800. The predicted octanol–water partition coefficient (Wildman–Crippen LogP) is 6.40. The Balaban J connectivity index is 2.78. The molecule has 0 saturated heterocycles. The number of unbranched alkanes of at least 4 members (excludes halogenated alkanes) is 2. The highest BCUT2D eigenvalue weighted by Crippen LogP contribution is 2.35. The van der Waals surface area contributed by atoms with Gasteiger partial charge < -0.3 is 0 Å². The molecule has 0 aromatic heterocycles. The third-order valence-electron chi connectivity index (χ3n) is 5.13. The van der Waals surface area contributed by atoms with E-state index < -0.39 is 9.84 Å². The van der Waals surface area contributed by atoms with Crippen molar-refractivity contribution in [2.24, 2.45) is 11.8 Å². The van der Waals surface area contributed by atoms with Crippen molar-refractivity contribution < 1.29 is 8.42 Å². The van der Waals surface area contributed by atoms with Crippen LogP contribution in [0.3, 0.4) is 0 Å². The van der Waals surface area contributed by atoms with E-state index >= 15 is 0 Å². The molecular weight excluding hydrogens is 304 g/mol. The summed E-state index contributed by atoms with van der Waals surface area (Å²) in [6.45, 7) is 8.89. The molecule has 134 valence electrons. The first-order valence-electron chi connectivity index (χ1n) is 9.62.